The van der Waals surface area contributed by atoms with Crippen LogP contribution in [0.1, 0.15) is 17.4 Å². The van der Waals surface area contributed by atoms with Crippen molar-refractivity contribution in [2.75, 3.05) is 18.5 Å². The summed E-state index contributed by atoms with van der Waals surface area (Å²) in [6.45, 7) is 2.27. The van der Waals surface area contributed by atoms with Crippen molar-refractivity contribution in [1.29, 1.82) is 0 Å². The lowest BCUT2D eigenvalue weighted by molar-refractivity contribution is -0.118. The van der Waals surface area contributed by atoms with Gasteiger partial charge in [-0.2, -0.15) is 0 Å². The van der Waals surface area contributed by atoms with Crippen molar-refractivity contribution >= 4 is 45.6 Å². The number of benzene rings is 2. The number of hydrogen-bond acceptors (Lipinski definition) is 5. The van der Waals surface area contributed by atoms with Gasteiger partial charge in [-0.3, -0.25) is 10.1 Å². The van der Waals surface area contributed by atoms with E-state index in [1.165, 1.54) is 11.3 Å². The minimum atomic E-state index is -0.298. The number of rotatable bonds is 8. The Morgan fingerprint density at radius 2 is 1.86 bits per heavy atom. The molecule has 1 heterocycles. The summed E-state index contributed by atoms with van der Waals surface area (Å²) < 4.78 is 11.0. The first kappa shape index (κ1) is 20.5. The molecule has 3 aromatic rings. The van der Waals surface area contributed by atoms with Gasteiger partial charge in [0.25, 0.3) is 5.91 Å². The highest BCUT2D eigenvalue weighted by atomic mass is 35.5. The Morgan fingerprint density at radius 3 is 2.61 bits per heavy atom. The number of carbonyl (C=O) groups excluding carboxylic acids is 1. The summed E-state index contributed by atoms with van der Waals surface area (Å²) in [5.74, 6) is 0.829. The van der Waals surface area contributed by atoms with Crippen LogP contribution in [0.25, 0.3) is 0 Å². The Bertz CT molecular complexity index is 962. The molecule has 0 spiro atoms. The van der Waals surface area contributed by atoms with E-state index in [9.17, 15) is 4.79 Å². The molecule has 8 heteroatoms. The van der Waals surface area contributed by atoms with Crippen LogP contribution < -0.4 is 14.8 Å². The average Bonchev–Trinajstić information content (AvgIpc) is 3.12. The van der Waals surface area contributed by atoms with Crippen LogP contribution in [0.4, 0.5) is 5.13 Å². The molecule has 0 bridgehead atoms. The second-order valence-corrected chi connectivity index (χ2v) is 7.64. The molecule has 3 rings (SSSR count). The van der Waals surface area contributed by atoms with E-state index in [-0.39, 0.29) is 12.5 Å². The maximum atomic E-state index is 12.2. The summed E-state index contributed by atoms with van der Waals surface area (Å²) in [7, 11) is 0. The molecule has 146 valence electrons. The molecular weight excluding hydrogens is 419 g/mol. The van der Waals surface area contributed by atoms with Gasteiger partial charge in [-0.25, -0.2) is 4.98 Å². The van der Waals surface area contributed by atoms with Gasteiger partial charge in [-0.1, -0.05) is 47.5 Å². The fourth-order valence-corrected chi connectivity index (χ4v) is 3.70. The molecule has 0 unspecified atom stereocenters. The predicted octanol–water partition coefficient (Wildman–Crippen LogP) is 5.46. The Kier molecular flexibility index (Phi) is 7.14. The van der Waals surface area contributed by atoms with Crippen molar-refractivity contribution in [3.63, 3.8) is 0 Å². The number of anilines is 1. The standard InChI is InChI=1S/C20H18Cl2N2O3S/c1-2-26-16-8-3-4-9-17(16)27-12-18(25)24-20-23-11-14(28-20)10-13-6-5-7-15(21)19(13)22/h3-9,11H,2,10,12H2,1H3,(H,23,24,25). The summed E-state index contributed by atoms with van der Waals surface area (Å²) in [4.78, 5) is 17.4. The van der Waals surface area contributed by atoms with E-state index in [4.69, 9.17) is 32.7 Å². The number of hydrogen-bond donors (Lipinski definition) is 1. The van der Waals surface area contributed by atoms with Crippen LogP contribution in [0.5, 0.6) is 11.5 Å². The summed E-state index contributed by atoms with van der Waals surface area (Å²) in [5.41, 5.74) is 0.909. The molecule has 0 radical (unpaired) electrons. The van der Waals surface area contributed by atoms with E-state index < -0.39 is 0 Å². The highest BCUT2D eigenvalue weighted by Crippen LogP contribution is 2.30. The lowest BCUT2D eigenvalue weighted by Gasteiger charge is -2.10. The number of nitrogens with one attached hydrogen (secondary N) is 1. The SMILES string of the molecule is CCOc1ccccc1OCC(=O)Nc1ncc(Cc2cccc(Cl)c2Cl)s1. The van der Waals surface area contributed by atoms with Gasteiger partial charge in [0.15, 0.2) is 23.2 Å². The third kappa shape index (κ3) is 5.38. The first-order valence-corrected chi connectivity index (χ1v) is 10.2. The maximum absolute atomic E-state index is 12.2. The van der Waals surface area contributed by atoms with Gasteiger partial charge in [0.2, 0.25) is 0 Å². The van der Waals surface area contributed by atoms with Gasteiger partial charge in [-0.05, 0) is 30.7 Å². The van der Waals surface area contributed by atoms with E-state index >= 15 is 0 Å². The molecule has 2 aromatic carbocycles. The van der Waals surface area contributed by atoms with E-state index in [0.717, 1.165) is 10.4 Å². The van der Waals surface area contributed by atoms with Gasteiger partial charge in [-0.15, -0.1) is 11.3 Å². The molecule has 0 saturated carbocycles. The lowest BCUT2D eigenvalue weighted by Crippen LogP contribution is -2.20. The first-order chi connectivity index (χ1) is 13.6. The zero-order chi connectivity index (χ0) is 19.9. The number of amides is 1. The monoisotopic (exact) mass is 436 g/mol. The Hall–Kier alpha value is -2.28. The van der Waals surface area contributed by atoms with Crippen LogP contribution in [0.15, 0.2) is 48.7 Å². The molecule has 5 nitrogen and oxygen atoms in total. The van der Waals surface area contributed by atoms with Crippen LogP contribution in [0.3, 0.4) is 0 Å². The zero-order valence-corrected chi connectivity index (χ0v) is 17.4. The lowest BCUT2D eigenvalue weighted by atomic mass is 10.1. The summed E-state index contributed by atoms with van der Waals surface area (Å²) >= 11 is 13.6. The number of para-hydroxylation sites is 2. The van der Waals surface area contributed by atoms with Crippen LogP contribution in [-0.2, 0) is 11.2 Å². The summed E-state index contributed by atoms with van der Waals surface area (Å²) in [6, 6.07) is 12.7. The van der Waals surface area contributed by atoms with Crippen LogP contribution >= 0.6 is 34.5 Å². The van der Waals surface area contributed by atoms with E-state index in [0.29, 0.717) is 39.7 Å². The maximum Gasteiger partial charge on any atom is 0.264 e. The van der Waals surface area contributed by atoms with Gasteiger partial charge < -0.3 is 9.47 Å². The second-order valence-electron chi connectivity index (χ2n) is 5.74. The zero-order valence-electron chi connectivity index (χ0n) is 15.1. The molecule has 0 fully saturated rings. The minimum Gasteiger partial charge on any atom is -0.490 e. The van der Waals surface area contributed by atoms with E-state index in [2.05, 4.69) is 10.3 Å². The van der Waals surface area contributed by atoms with Crippen LogP contribution in [-0.4, -0.2) is 24.1 Å². The molecular formula is C20H18Cl2N2O3S. The number of nitrogens with zero attached hydrogens (tertiary/aromatic N) is 1. The van der Waals surface area contributed by atoms with Crippen molar-refractivity contribution in [2.24, 2.45) is 0 Å². The van der Waals surface area contributed by atoms with Crippen molar-refractivity contribution in [3.8, 4) is 11.5 Å². The Labute approximate surface area is 177 Å². The molecule has 1 aromatic heterocycles. The number of thiazole rings is 1. The number of halogens is 2. The average molecular weight is 437 g/mol. The summed E-state index contributed by atoms with van der Waals surface area (Å²) in [5, 5.41) is 4.29. The third-order valence-corrected chi connectivity index (χ3v) is 5.47. The van der Waals surface area contributed by atoms with E-state index in [1.54, 1.807) is 24.4 Å². The highest BCUT2D eigenvalue weighted by molar-refractivity contribution is 7.15. The molecule has 28 heavy (non-hydrogen) atoms. The fraction of sp³-hybridized carbons (Fsp3) is 0.200. The topological polar surface area (TPSA) is 60.5 Å². The first-order valence-electron chi connectivity index (χ1n) is 8.59. The van der Waals surface area contributed by atoms with Crippen LogP contribution in [0, 0.1) is 0 Å². The van der Waals surface area contributed by atoms with Gasteiger partial charge in [0.05, 0.1) is 16.7 Å². The quantitative estimate of drug-likeness (QED) is 0.509. The van der Waals surface area contributed by atoms with Crippen molar-refractivity contribution in [3.05, 3.63) is 69.1 Å². The highest BCUT2D eigenvalue weighted by Gasteiger charge is 2.11. The van der Waals surface area contributed by atoms with E-state index in [1.807, 2.05) is 31.2 Å². The number of aromatic nitrogens is 1. The van der Waals surface area contributed by atoms with Crippen LogP contribution in [0.2, 0.25) is 10.0 Å². The number of carbonyl (C=O) groups is 1. The van der Waals surface area contributed by atoms with Crippen molar-refractivity contribution < 1.29 is 14.3 Å². The molecule has 0 aliphatic carbocycles. The smallest absolute Gasteiger partial charge is 0.264 e. The molecule has 0 aliphatic heterocycles. The molecule has 0 saturated heterocycles. The summed E-state index contributed by atoms with van der Waals surface area (Å²) in [6.07, 6.45) is 2.30. The van der Waals surface area contributed by atoms with Crippen molar-refractivity contribution in [1.82, 2.24) is 4.98 Å². The van der Waals surface area contributed by atoms with Gasteiger partial charge in [0, 0.05) is 17.5 Å². The second kappa shape index (κ2) is 9.78. The van der Waals surface area contributed by atoms with Gasteiger partial charge >= 0.3 is 0 Å². The molecule has 0 atom stereocenters. The van der Waals surface area contributed by atoms with Gasteiger partial charge in [0.1, 0.15) is 0 Å². The molecule has 0 aliphatic rings. The van der Waals surface area contributed by atoms with Crippen molar-refractivity contribution in [2.45, 2.75) is 13.3 Å². The molecule has 1 amide bonds. The third-order valence-electron chi connectivity index (χ3n) is 3.70. The normalized spacial score (nSPS) is 10.5. The minimum absolute atomic E-state index is 0.140. The Balaban J connectivity index is 1.56. The Morgan fingerprint density at radius 1 is 1.11 bits per heavy atom. The number of ether oxygens (including phenoxy) is 2. The largest absolute Gasteiger partial charge is 0.490 e. The predicted molar refractivity (Wildman–Crippen MR) is 113 cm³/mol. The molecule has 1 N–H and O–H groups in total. The fourth-order valence-electron chi connectivity index (χ4n) is 2.46.